The Hall–Kier alpha value is -2.12. The van der Waals surface area contributed by atoms with Crippen molar-refractivity contribution in [2.75, 3.05) is 6.61 Å². The summed E-state index contributed by atoms with van der Waals surface area (Å²) >= 11 is 0. The van der Waals surface area contributed by atoms with Gasteiger partial charge in [-0.15, -0.1) is 0 Å². The van der Waals surface area contributed by atoms with Gasteiger partial charge in [-0.05, 0) is 18.9 Å². The maximum absolute atomic E-state index is 13.0. The summed E-state index contributed by atoms with van der Waals surface area (Å²) < 4.78 is 22.5. The highest BCUT2D eigenvalue weighted by Crippen LogP contribution is 2.76. The largest absolute Gasteiger partial charge is 0.472 e. The smallest absolute Gasteiger partial charge is 0.339 e. The van der Waals surface area contributed by atoms with Crippen molar-refractivity contribution in [3.05, 3.63) is 36.3 Å². The first-order valence-corrected chi connectivity index (χ1v) is 9.36. The topological polar surface area (TPSA) is 98.5 Å². The van der Waals surface area contributed by atoms with Crippen LogP contribution in [-0.4, -0.2) is 41.0 Å². The molecule has 4 fully saturated rings. The van der Waals surface area contributed by atoms with Gasteiger partial charge in [-0.25, -0.2) is 4.79 Å². The number of cyclic esters (lactones) is 2. The zero-order valence-corrected chi connectivity index (χ0v) is 14.8. The molecule has 3 saturated heterocycles. The standard InChI is InChI=1S/C20H20O7/c1-17-8-13(11-4-7-24-9-11)26-16(22)19(17,23)6-5-18-10-25-15(21)12(18)2-3-14-20(17,18)27-14/h2-4,7,9,12-14,23H,5-6,8,10H2,1H3/t12-,13+,14+,17-,18+,19-,20-/m0/s1. The second-order valence-corrected chi connectivity index (χ2v) is 8.75. The van der Waals surface area contributed by atoms with Crippen LogP contribution in [-0.2, 0) is 23.8 Å². The van der Waals surface area contributed by atoms with Gasteiger partial charge in [-0.1, -0.05) is 19.1 Å². The van der Waals surface area contributed by atoms with Crippen molar-refractivity contribution in [2.24, 2.45) is 16.7 Å². The van der Waals surface area contributed by atoms with Crippen LogP contribution in [0.3, 0.4) is 0 Å². The fraction of sp³-hybridized carbons (Fsp3) is 0.600. The van der Waals surface area contributed by atoms with Crippen LogP contribution in [0.5, 0.6) is 0 Å². The Morgan fingerprint density at radius 1 is 1.22 bits per heavy atom. The summed E-state index contributed by atoms with van der Waals surface area (Å²) in [6.07, 6.45) is 7.18. The molecule has 142 valence electrons. The van der Waals surface area contributed by atoms with E-state index in [1.165, 1.54) is 6.26 Å². The van der Waals surface area contributed by atoms with E-state index in [0.717, 1.165) is 5.56 Å². The highest BCUT2D eigenvalue weighted by molar-refractivity contribution is 5.84. The highest BCUT2D eigenvalue weighted by Gasteiger charge is 2.88. The first kappa shape index (κ1) is 15.9. The molecule has 2 aliphatic carbocycles. The lowest BCUT2D eigenvalue weighted by Crippen LogP contribution is -2.73. The van der Waals surface area contributed by atoms with Crippen LogP contribution >= 0.6 is 0 Å². The molecule has 1 aromatic heterocycles. The fourth-order valence-electron chi connectivity index (χ4n) is 6.48. The SMILES string of the molecule is C[C@]12C[C@H](c3ccoc3)OC(=O)[C@@]1(O)CC[C@@]13COC(=O)[C@@H]1C=C[C@H]1O[C@]132. The van der Waals surface area contributed by atoms with Gasteiger partial charge in [0.2, 0.25) is 0 Å². The molecule has 4 heterocycles. The van der Waals surface area contributed by atoms with E-state index >= 15 is 0 Å². The molecule has 1 saturated carbocycles. The Morgan fingerprint density at radius 2 is 2.07 bits per heavy atom. The molecule has 27 heavy (non-hydrogen) atoms. The molecule has 7 atom stereocenters. The molecule has 0 unspecified atom stereocenters. The second-order valence-electron chi connectivity index (χ2n) is 8.75. The van der Waals surface area contributed by atoms with Crippen molar-refractivity contribution in [2.45, 2.75) is 49.6 Å². The predicted molar refractivity (Wildman–Crippen MR) is 88.1 cm³/mol. The number of carbonyl (C=O) groups is 2. The lowest BCUT2D eigenvalue weighted by atomic mass is 9.43. The van der Waals surface area contributed by atoms with Gasteiger partial charge in [0.1, 0.15) is 24.4 Å². The molecule has 0 amide bonds. The Bertz CT molecular complexity index is 890. The van der Waals surface area contributed by atoms with E-state index in [9.17, 15) is 14.7 Å². The molecule has 2 spiro atoms. The monoisotopic (exact) mass is 372 g/mol. The Kier molecular flexibility index (Phi) is 2.63. The number of carbonyl (C=O) groups excluding carboxylic acids is 2. The molecule has 0 bridgehead atoms. The van der Waals surface area contributed by atoms with Crippen LogP contribution in [0.4, 0.5) is 0 Å². The minimum atomic E-state index is -1.66. The molecule has 0 aromatic carbocycles. The molecule has 7 heteroatoms. The van der Waals surface area contributed by atoms with Crippen molar-refractivity contribution in [3.63, 3.8) is 0 Å². The second kappa shape index (κ2) is 4.47. The maximum atomic E-state index is 13.0. The van der Waals surface area contributed by atoms with E-state index in [2.05, 4.69) is 0 Å². The van der Waals surface area contributed by atoms with Gasteiger partial charge < -0.3 is 23.7 Å². The lowest BCUT2D eigenvalue weighted by molar-refractivity contribution is -0.251. The molecular weight excluding hydrogens is 352 g/mol. The van der Waals surface area contributed by atoms with Gasteiger partial charge in [0.15, 0.2) is 5.60 Å². The Morgan fingerprint density at radius 3 is 2.85 bits per heavy atom. The molecule has 0 radical (unpaired) electrons. The van der Waals surface area contributed by atoms with Gasteiger partial charge >= 0.3 is 11.9 Å². The van der Waals surface area contributed by atoms with E-state index in [1.807, 2.05) is 19.1 Å². The van der Waals surface area contributed by atoms with Crippen molar-refractivity contribution >= 4 is 11.9 Å². The summed E-state index contributed by atoms with van der Waals surface area (Å²) in [4.78, 5) is 25.4. The Balaban J connectivity index is 1.52. The number of hydrogen-bond acceptors (Lipinski definition) is 7. The summed E-state index contributed by atoms with van der Waals surface area (Å²) in [5.41, 5.74) is -3.20. The minimum absolute atomic E-state index is 0.221. The van der Waals surface area contributed by atoms with Crippen molar-refractivity contribution in [3.8, 4) is 0 Å². The van der Waals surface area contributed by atoms with E-state index in [1.54, 1.807) is 12.3 Å². The van der Waals surface area contributed by atoms with E-state index in [0.29, 0.717) is 12.8 Å². The first-order chi connectivity index (χ1) is 12.9. The third kappa shape index (κ3) is 1.48. The number of fused-ring (bicyclic) bond motifs is 1. The number of aliphatic hydroxyl groups is 1. The maximum Gasteiger partial charge on any atom is 0.339 e. The van der Waals surface area contributed by atoms with Gasteiger partial charge in [0, 0.05) is 17.4 Å². The third-order valence-corrected chi connectivity index (χ3v) is 7.96. The molecule has 7 nitrogen and oxygen atoms in total. The zero-order chi connectivity index (χ0) is 18.7. The van der Waals surface area contributed by atoms with E-state index in [-0.39, 0.29) is 25.1 Å². The molecule has 3 aliphatic heterocycles. The summed E-state index contributed by atoms with van der Waals surface area (Å²) in [5, 5.41) is 11.5. The highest BCUT2D eigenvalue weighted by atomic mass is 16.6. The lowest BCUT2D eigenvalue weighted by Gasteiger charge is -2.61. The van der Waals surface area contributed by atoms with Crippen molar-refractivity contribution in [1.82, 2.24) is 0 Å². The molecule has 5 aliphatic rings. The van der Waals surface area contributed by atoms with Crippen LogP contribution in [0, 0.1) is 16.7 Å². The van der Waals surface area contributed by atoms with E-state index < -0.39 is 40.0 Å². The molecule has 1 N–H and O–H groups in total. The molecular formula is C20H20O7. The number of furan rings is 1. The van der Waals surface area contributed by atoms with Gasteiger partial charge in [0.25, 0.3) is 0 Å². The summed E-state index contributed by atoms with van der Waals surface area (Å²) in [6.45, 7) is 2.16. The zero-order valence-electron chi connectivity index (χ0n) is 14.8. The summed E-state index contributed by atoms with van der Waals surface area (Å²) in [5.74, 6) is -1.28. The normalized spacial score (nSPS) is 52.1. The van der Waals surface area contributed by atoms with Gasteiger partial charge in [-0.2, -0.15) is 0 Å². The molecule has 6 rings (SSSR count). The van der Waals surface area contributed by atoms with Crippen molar-refractivity contribution < 1.29 is 33.3 Å². The average Bonchev–Trinajstić information content (AvgIpc) is 3.01. The fourth-order valence-corrected chi connectivity index (χ4v) is 6.48. The van der Waals surface area contributed by atoms with Crippen LogP contribution in [0.1, 0.15) is 37.9 Å². The predicted octanol–water partition coefficient (Wildman–Crippen LogP) is 1.67. The minimum Gasteiger partial charge on any atom is -0.472 e. The molecule has 1 aromatic rings. The third-order valence-electron chi connectivity index (χ3n) is 7.96. The van der Waals surface area contributed by atoms with Crippen LogP contribution in [0.15, 0.2) is 35.2 Å². The number of esters is 2. The van der Waals surface area contributed by atoms with Crippen LogP contribution in [0.25, 0.3) is 0 Å². The Labute approximate surface area is 155 Å². The van der Waals surface area contributed by atoms with Gasteiger partial charge in [0.05, 0.1) is 23.9 Å². The quantitative estimate of drug-likeness (QED) is 0.455. The number of rotatable bonds is 1. The first-order valence-electron chi connectivity index (χ1n) is 9.36. The number of hydrogen-bond donors (Lipinski definition) is 1. The average molecular weight is 372 g/mol. The van der Waals surface area contributed by atoms with Crippen LogP contribution < -0.4 is 0 Å². The summed E-state index contributed by atoms with van der Waals surface area (Å²) in [6, 6.07) is 1.76. The van der Waals surface area contributed by atoms with Crippen molar-refractivity contribution in [1.29, 1.82) is 0 Å². The summed E-state index contributed by atoms with van der Waals surface area (Å²) in [7, 11) is 0. The number of epoxide rings is 1. The number of ether oxygens (including phenoxy) is 3. The van der Waals surface area contributed by atoms with Gasteiger partial charge in [-0.3, -0.25) is 4.79 Å². The van der Waals surface area contributed by atoms with Crippen LogP contribution in [0.2, 0.25) is 0 Å². The van der Waals surface area contributed by atoms with E-state index in [4.69, 9.17) is 18.6 Å².